The summed E-state index contributed by atoms with van der Waals surface area (Å²) in [5.41, 5.74) is 0.464. The summed E-state index contributed by atoms with van der Waals surface area (Å²) in [7, 11) is -1.30. The molecule has 0 amide bonds. The molecule has 1 aliphatic carbocycles. The molecule has 2 aromatic rings. The van der Waals surface area contributed by atoms with Gasteiger partial charge in [0.2, 0.25) is 15.6 Å². The van der Waals surface area contributed by atoms with E-state index in [1.807, 2.05) is 0 Å². The molecular formula is C21H29N3O3S. The Balaban J connectivity index is 1.46. The Labute approximate surface area is 166 Å². The number of fused-ring (bicyclic) bond motifs is 1. The molecule has 1 aliphatic heterocycles. The number of benzene rings is 1. The number of hydrogen-bond acceptors (Lipinski definition) is 4. The summed E-state index contributed by atoms with van der Waals surface area (Å²) < 4.78 is 27.8. The molecule has 2 fully saturated rings. The second-order valence-corrected chi connectivity index (χ2v) is 10.1. The van der Waals surface area contributed by atoms with Crippen LogP contribution < -0.4 is 5.56 Å². The third-order valence-corrected chi connectivity index (χ3v) is 8.38. The van der Waals surface area contributed by atoms with Crippen molar-refractivity contribution in [2.45, 2.75) is 61.9 Å². The molecule has 1 N–H and O–H groups in total. The Morgan fingerprint density at radius 1 is 0.964 bits per heavy atom. The number of aromatic nitrogens is 1. The predicted octanol–water partition coefficient (Wildman–Crippen LogP) is 2.95. The average Bonchev–Trinajstić information content (AvgIpc) is 2.73. The van der Waals surface area contributed by atoms with Gasteiger partial charge in [0, 0.05) is 36.8 Å². The molecule has 2 heterocycles. The van der Waals surface area contributed by atoms with Gasteiger partial charge in [-0.25, -0.2) is 8.42 Å². The van der Waals surface area contributed by atoms with E-state index in [0.717, 1.165) is 18.2 Å². The number of H-pyrrole nitrogens is 1. The molecule has 1 saturated carbocycles. The molecule has 7 heteroatoms. The van der Waals surface area contributed by atoms with E-state index in [-0.39, 0.29) is 5.56 Å². The topological polar surface area (TPSA) is 73.5 Å². The summed E-state index contributed by atoms with van der Waals surface area (Å²) in [5.74, 6) is 0. The lowest BCUT2D eigenvalue weighted by molar-refractivity contribution is 0.100. The average molecular weight is 404 g/mol. The molecule has 28 heavy (non-hydrogen) atoms. The first kappa shape index (κ1) is 19.6. The van der Waals surface area contributed by atoms with Gasteiger partial charge >= 0.3 is 0 Å². The van der Waals surface area contributed by atoms with Crippen molar-refractivity contribution in [1.82, 2.24) is 14.2 Å². The van der Waals surface area contributed by atoms with E-state index in [1.165, 1.54) is 38.2 Å². The van der Waals surface area contributed by atoms with E-state index >= 15 is 0 Å². The van der Waals surface area contributed by atoms with Crippen LogP contribution in [0.2, 0.25) is 0 Å². The van der Waals surface area contributed by atoms with Crippen LogP contribution in [0.15, 0.2) is 40.0 Å². The summed E-state index contributed by atoms with van der Waals surface area (Å²) in [4.78, 5) is 17.0. The van der Waals surface area contributed by atoms with Gasteiger partial charge in [0.05, 0.1) is 4.90 Å². The van der Waals surface area contributed by atoms with E-state index in [9.17, 15) is 13.2 Å². The van der Waals surface area contributed by atoms with Crippen molar-refractivity contribution in [2.24, 2.45) is 0 Å². The van der Waals surface area contributed by atoms with E-state index in [4.69, 9.17) is 0 Å². The normalized spacial score (nSPS) is 20.8. The third kappa shape index (κ3) is 3.88. The van der Waals surface area contributed by atoms with Gasteiger partial charge in [-0.05, 0) is 62.4 Å². The number of aromatic amines is 1. The van der Waals surface area contributed by atoms with Crippen LogP contribution >= 0.6 is 0 Å². The molecule has 4 rings (SSSR count). The van der Waals surface area contributed by atoms with Gasteiger partial charge in [-0.1, -0.05) is 19.3 Å². The van der Waals surface area contributed by atoms with Crippen molar-refractivity contribution in [3.8, 4) is 0 Å². The first-order chi connectivity index (χ1) is 13.4. The van der Waals surface area contributed by atoms with Gasteiger partial charge in [-0.15, -0.1) is 0 Å². The van der Waals surface area contributed by atoms with Crippen LogP contribution in [0.4, 0.5) is 0 Å². The van der Waals surface area contributed by atoms with Crippen molar-refractivity contribution < 1.29 is 8.42 Å². The zero-order valence-corrected chi connectivity index (χ0v) is 17.2. The summed E-state index contributed by atoms with van der Waals surface area (Å²) >= 11 is 0. The minimum Gasteiger partial charge on any atom is -0.322 e. The smallest absolute Gasteiger partial charge is 0.248 e. The Bertz CT molecular complexity index is 987. The van der Waals surface area contributed by atoms with Gasteiger partial charge in [-0.3, -0.25) is 4.79 Å². The van der Waals surface area contributed by atoms with Gasteiger partial charge in [-0.2, -0.15) is 4.31 Å². The summed E-state index contributed by atoms with van der Waals surface area (Å²) in [6, 6.07) is 9.13. The Morgan fingerprint density at radius 2 is 1.64 bits per heavy atom. The minimum absolute atomic E-state index is 0.188. The lowest BCUT2D eigenvalue weighted by Crippen LogP contribution is -2.48. The van der Waals surface area contributed by atoms with Crippen LogP contribution in [-0.4, -0.2) is 54.8 Å². The maximum absolute atomic E-state index is 13.1. The first-order valence-electron chi connectivity index (χ1n) is 10.3. The molecule has 0 atom stereocenters. The zero-order valence-electron chi connectivity index (χ0n) is 16.4. The number of hydrogen-bond donors (Lipinski definition) is 1. The van der Waals surface area contributed by atoms with Crippen LogP contribution in [-0.2, 0) is 10.0 Å². The highest BCUT2D eigenvalue weighted by Gasteiger charge is 2.33. The maximum Gasteiger partial charge on any atom is 0.248 e. The summed E-state index contributed by atoms with van der Waals surface area (Å²) in [6.07, 6.45) is 8.29. The van der Waals surface area contributed by atoms with E-state index in [0.29, 0.717) is 35.6 Å². The molecule has 1 aromatic carbocycles. The van der Waals surface area contributed by atoms with E-state index in [1.54, 1.807) is 28.6 Å². The van der Waals surface area contributed by atoms with Crippen LogP contribution in [0.25, 0.3) is 10.9 Å². The highest BCUT2D eigenvalue weighted by atomic mass is 32.2. The van der Waals surface area contributed by atoms with Crippen LogP contribution in [0, 0.1) is 0 Å². The Kier molecular flexibility index (Phi) is 5.58. The number of nitrogens with one attached hydrogen (secondary N) is 1. The molecule has 2 aliphatic rings. The highest BCUT2D eigenvalue weighted by molar-refractivity contribution is 7.89. The van der Waals surface area contributed by atoms with Gasteiger partial charge in [0.25, 0.3) is 0 Å². The van der Waals surface area contributed by atoms with Crippen molar-refractivity contribution in [3.63, 3.8) is 0 Å². The van der Waals surface area contributed by atoms with E-state index < -0.39 is 10.0 Å². The second kappa shape index (κ2) is 7.97. The number of piperidine rings is 1. The minimum atomic E-state index is -3.51. The number of sulfonamides is 1. The number of pyridine rings is 1. The molecule has 1 saturated heterocycles. The van der Waals surface area contributed by atoms with Gasteiger partial charge in [0.15, 0.2) is 0 Å². The van der Waals surface area contributed by atoms with Crippen LogP contribution in [0.3, 0.4) is 0 Å². The Morgan fingerprint density at radius 3 is 2.36 bits per heavy atom. The quantitative estimate of drug-likeness (QED) is 0.852. The summed E-state index contributed by atoms with van der Waals surface area (Å²) in [5, 5.41) is 0.729. The summed E-state index contributed by atoms with van der Waals surface area (Å²) in [6.45, 7) is 1.13. The highest BCUT2D eigenvalue weighted by Crippen LogP contribution is 2.28. The number of nitrogens with zero attached hydrogens (tertiary/aromatic N) is 2. The van der Waals surface area contributed by atoms with Crippen molar-refractivity contribution in [3.05, 3.63) is 40.7 Å². The van der Waals surface area contributed by atoms with Crippen LogP contribution in [0.1, 0.15) is 44.9 Å². The largest absolute Gasteiger partial charge is 0.322 e. The second-order valence-electron chi connectivity index (χ2n) is 8.16. The first-order valence-corrected chi connectivity index (χ1v) is 11.7. The molecule has 1 aromatic heterocycles. The lowest BCUT2D eigenvalue weighted by atomic mass is 9.92. The maximum atomic E-state index is 13.1. The molecule has 152 valence electrons. The third-order valence-electron chi connectivity index (χ3n) is 6.48. The fourth-order valence-corrected chi connectivity index (χ4v) is 6.22. The molecule has 0 radical (unpaired) electrons. The Hall–Kier alpha value is -1.70. The molecule has 0 spiro atoms. The van der Waals surface area contributed by atoms with Crippen molar-refractivity contribution in [2.75, 3.05) is 20.1 Å². The molecule has 0 bridgehead atoms. The van der Waals surface area contributed by atoms with Gasteiger partial charge in [0.1, 0.15) is 0 Å². The molecule has 6 nitrogen and oxygen atoms in total. The monoisotopic (exact) mass is 403 g/mol. The number of rotatable bonds is 4. The molecular weight excluding hydrogens is 374 g/mol. The fraction of sp³-hybridized carbons (Fsp3) is 0.571. The zero-order chi connectivity index (χ0) is 19.7. The predicted molar refractivity (Wildman–Crippen MR) is 111 cm³/mol. The van der Waals surface area contributed by atoms with Crippen LogP contribution in [0.5, 0.6) is 0 Å². The van der Waals surface area contributed by atoms with Crippen molar-refractivity contribution in [1.29, 1.82) is 0 Å². The molecule has 0 unspecified atom stereocenters. The van der Waals surface area contributed by atoms with E-state index in [2.05, 4.69) is 16.9 Å². The fourth-order valence-electron chi connectivity index (χ4n) is 4.72. The SMILES string of the molecule is CN(C1CCCCC1)C1CCN(S(=O)(=O)c2ccc3[nH]c(=O)ccc3c2)CC1. The lowest BCUT2D eigenvalue weighted by Gasteiger charge is -2.41. The van der Waals surface area contributed by atoms with Crippen molar-refractivity contribution >= 4 is 20.9 Å². The standard InChI is InChI=1S/C21H29N3O3S/c1-23(17-5-3-2-4-6-17)18-11-13-24(14-12-18)28(26,27)19-8-9-20-16(15-19)7-10-21(25)22-20/h7-10,15,17-18H,2-6,11-14H2,1H3,(H,22,25). The van der Waals surface area contributed by atoms with Gasteiger partial charge < -0.3 is 9.88 Å².